The molecule has 1 aromatic heterocycles. The average Bonchev–Trinajstić information content (AvgIpc) is 3.17. The van der Waals surface area contributed by atoms with Crippen molar-refractivity contribution in [2.75, 3.05) is 32.9 Å². The molecule has 34 heavy (non-hydrogen) atoms. The molecule has 1 aliphatic rings. The zero-order valence-corrected chi connectivity index (χ0v) is 20.1. The van der Waals surface area contributed by atoms with Gasteiger partial charge >= 0.3 is 0 Å². The molecule has 0 amide bonds. The number of hydrogen-bond acceptors (Lipinski definition) is 3. The molecular weight excluding hydrogens is 439 g/mol. The Bertz CT molecular complexity index is 1110. The van der Waals surface area contributed by atoms with Crippen LogP contribution in [0.5, 0.6) is 5.75 Å². The minimum absolute atomic E-state index is 0.0166. The molecule has 7 heteroatoms. The molecule has 0 saturated heterocycles. The van der Waals surface area contributed by atoms with E-state index in [1.165, 1.54) is 12.1 Å². The van der Waals surface area contributed by atoms with Crippen molar-refractivity contribution in [2.24, 2.45) is 5.92 Å². The molecule has 1 aliphatic heterocycles. The van der Waals surface area contributed by atoms with Gasteiger partial charge in [-0.1, -0.05) is 32.0 Å². The monoisotopic (exact) mass is 473 g/mol. The number of hydrogen-bond donors (Lipinski definition) is 2. The Labute approximate surface area is 199 Å². The van der Waals surface area contributed by atoms with Crippen molar-refractivity contribution < 1.29 is 17.9 Å². The molecule has 184 valence electrons. The number of benzene rings is 2. The molecule has 2 aromatic carbocycles. The number of H-pyrrole nitrogens is 1. The standard InChI is InChI=1S/C27H34F3N3O/c1-17(2)16-33-18(3)15-20-19-7-4-5-8-22(19)32-26(20)27(33)24-21(29)9-10-23(25(24)30)34-14-13-31-12-6-11-28/h4-5,7-10,17-18,27,31-32H,6,11-16H2,1-3H3/t18-,27-/m1/s1. The third-order valence-corrected chi connectivity index (χ3v) is 6.48. The zero-order valence-electron chi connectivity index (χ0n) is 20.1. The maximum absolute atomic E-state index is 15.9. The lowest BCUT2D eigenvalue weighted by molar-refractivity contribution is 0.125. The van der Waals surface area contributed by atoms with Crippen LogP contribution in [0.1, 0.15) is 50.1 Å². The van der Waals surface area contributed by atoms with Gasteiger partial charge in [-0.05, 0) is 56.0 Å². The van der Waals surface area contributed by atoms with Crippen LogP contribution in [0.25, 0.3) is 10.9 Å². The molecule has 0 unspecified atom stereocenters. The second-order valence-electron chi connectivity index (χ2n) is 9.52. The molecule has 2 N–H and O–H groups in total. The van der Waals surface area contributed by atoms with Crippen molar-refractivity contribution in [3.8, 4) is 5.75 Å². The first-order valence-corrected chi connectivity index (χ1v) is 12.1. The van der Waals surface area contributed by atoms with Gasteiger partial charge in [-0.2, -0.15) is 0 Å². The van der Waals surface area contributed by atoms with E-state index in [9.17, 15) is 4.39 Å². The van der Waals surface area contributed by atoms with Crippen LogP contribution in [0.4, 0.5) is 13.2 Å². The van der Waals surface area contributed by atoms with Gasteiger partial charge in [0.15, 0.2) is 11.6 Å². The highest BCUT2D eigenvalue weighted by Gasteiger charge is 2.39. The summed E-state index contributed by atoms with van der Waals surface area (Å²) < 4.78 is 49.1. The molecular formula is C27H34F3N3O. The fourth-order valence-electron chi connectivity index (χ4n) is 4.99. The summed E-state index contributed by atoms with van der Waals surface area (Å²) in [5.41, 5.74) is 2.96. The van der Waals surface area contributed by atoms with Gasteiger partial charge in [0.05, 0.1) is 18.3 Å². The van der Waals surface area contributed by atoms with E-state index >= 15 is 8.78 Å². The summed E-state index contributed by atoms with van der Waals surface area (Å²) >= 11 is 0. The van der Waals surface area contributed by atoms with E-state index in [1.54, 1.807) is 0 Å². The summed E-state index contributed by atoms with van der Waals surface area (Å²) in [6, 6.07) is 10.2. The fraction of sp³-hybridized carbons (Fsp3) is 0.481. The molecule has 0 saturated carbocycles. The van der Waals surface area contributed by atoms with Crippen LogP contribution in [-0.2, 0) is 6.42 Å². The van der Waals surface area contributed by atoms with Gasteiger partial charge < -0.3 is 15.0 Å². The van der Waals surface area contributed by atoms with Crippen LogP contribution in [0, 0.1) is 17.6 Å². The van der Waals surface area contributed by atoms with Crippen LogP contribution in [0.2, 0.25) is 0 Å². The summed E-state index contributed by atoms with van der Waals surface area (Å²) in [6.45, 7) is 7.89. The number of aromatic amines is 1. The molecule has 3 aromatic rings. The molecule has 0 spiro atoms. The van der Waals surface area contributed by atoms with E-state index in [0.717, 1.165) is 28.6 Å². The molecule has 0 bridgehead atoms. The normalized spacial score (nSPS) is 18.6. The molecule has 2 heterocycles. The summed E-state index contributed by atoms with van der Waals surface area (Å²) in [5.74, 6) is -0.884. The number of alkyl halides is 1. The molecule has 2 atom stereocenters. The van der Waals surface area contributed by atoms with Crippen molar-refractivity contribution in [3.05, 3.63) is 64.9 Å². The summed E-state index contributed by atoms with van der Waals surface area (Å²) in [4.78, 5) is 5.68. The van der Waals surface area contributed by atoms with Gasteiger partial charge in [0.1, 0.15) is 12.4 Å². The number of nitrogens with one attached hydrogen (secondary N) is 2. The van der Waals surface area contributed by atoms with Crippen molar-refractivity contribution in [2.45, 2.75) is 45.7 Å². The Balaban J connectivity index is 1.73. The topological polar surface area (TPSA) is 40.3 Å². The van der Waals surface area contributed by atoms with Gasteiger partial charge in [-0.3, -0.25) is 9.29 Å². The Morgan fingerprint density at radius 1 is 1.15 bits per heavy atom. The Morgan fingerprint density at radius 3 is 2.71 bits per heavy atom. The predicted octanol–water partition coefficient (Wildman–Crippen LogP) is 5.77. The highest BCUT2D eigenvalue weighted by atomic mass is 19.1. The lowest BCUT2D eigenvalue weighted by Gasteiger charge is -2.42. The van der Waals surface area contributed by atoms with Crippen molar-refractivity contribution in [1.82, 2.24) is 15.2 Å². The maximum Gasteiger partial charge on any atom is 0.173 e. The highest BCUT2D eigenvalue weighted by Crippen LogP contribution is 2.43. The molecule has 0 aliphatic carbocycles. The lowest BCUT2D eigenvalue weighted by atomic mass is 9.87. The van der Waals surface area contributed by atoms with Crippen LogP contribution >= 0.6 is 0 Å². The molecule has 0 radical (unpaired) electrons. The van der Waals surface area contributed by atoms with Crippen molar-refractivity contribution in [1.29, 1.82) is 0 Å². The smallest absolute Gasteiger partial charge is 0.173 e. The largest absolute Gasteiger partial charge is 0.489 e. The Morgan fingerprint density at radius 2 is 1.94 bits per heavy atom. The SMILES string of the molecule is CC(C)CN1[C@H](c2c(F)ccc(OCCNCCCF)c2F)c2[nH]c3ccccc3c2C[C@H]1C. The van der Waals surface area contributed by atoms with Gasteiger partial charge in [-0.25, -0.2) is 8.78 Å². The van der Waals surface area contributed by atoms with Gasteiger partial charge in [-0.15, -0.1) is 0 Å². The summed E-state index contributed by atoms with van der Waals surface area (Å²) in [5, 5.41) is 4.16. The lowest BCUT2D eigenvalue weighted by Crippen LogP contribution is -2.45. The number of rotatable bonds is 10. The quantitative estimate of drug-likeness (QED) is 0.368. The van der Waals surface area contributed by atoms with Gasteiger partial charge in [0.2, 0.25) is 0 Å². The predicted molar refractivity (Wildman–Crippen MR) is 130 cm³/mol. The van der Waals surface area contributed by atoms with Crippen molar-refractivity contribution >= 4 is 10.9 Å². The molecule has 4 nitrogen and oxygen atoms in total. The van der Waals surface area contributed by atoms with E-state index in [-0.39, 0.29) is 30.6 Å². The first-order chi connectivity index (χ1) is 16.4. The third kappa shape index (κ3) is 4.96. The van der Waals surface area contributed by atoms with Gasteiger partial charge in [0, 0.05) is 35.7 Å². The summed E-state index contributed by atoms with van der Waals surface area (Å²) in [7, 11) is 0. The van der Waals surface area contributed by atoms with E-state index in [2.05, 4.69) is 42.0 Å². The number of fused-ring (bicyclic) bond motifs is 3. The Kier molecular flexibility index (Phi) is 7.84. The number of para-hydroxylation sites is 1. The van der Waals surface area contributed by atoms with E-state index in [0.29, 0.717) is 32.0 Å². The molecule has 4 rings (SSSR count). The van der Waals surface area contributed by atoms with E-state index in [1.807, 2.05) is 18.2 Å². The van der Waals surface area contributed by atoms with Gasteiger partial charge in [0.25, 0.3) is 0 Å². The van der Waals surface area contributed by atoms with E-state index in [4.69, 9.17) is 4.74 Å². The highest BCUT2D eigenvalue weighted by molar-refractivity contribution is 5.85. The maximum atomic E-state index is 15.9. The van der Waals surface area contributed by atoms with Crippen LogP contribution in [0.3, 0.4) is 0 Å². The van der Waals surface area contributed by atoms with Crippen LogP contribution in [-0.4, -0.2) is 48.8 Å². The first kappa shape index (κ1) is 24.6. The zero-order chi connectivity index (χ0) is 24.2. The second-order valence-corrected chi connectivity index (χ2v) is 9.52. The number of halogens is 3. The third-order valence-electron chi connectivity index (χ3n) is 6.48. The number of ether oxygens (including phenoxy) is 1. The minimum Gasteiger partial charge on any atom is -0.489 e. The second kappa shape index (κ2) is 10.8. The average molecular weight is 474 g/mol. The van der Waals surface area contributed by atoms with Crippen LogP contribution in [0.15, 0.2) is 36.4 Å². The number of nitrogens with zero attached hydrogens (tertiary/aromatic N) is 1. The van der Waals surface area contributed by atoms with Crippen molar-refractivity contribution in [3.63, 3.8) is 0 Å². The summed E-state index contributed by atoms with van der Waals surface area (Å²) in [6.07, 6.45) is 1.24. The number of aromatic nitrogens is 1. The Hall–Kier alpha value is -2.51. The van der Waals surface area contributed by atoms with Crippen LogP contribution < -0.4 is 10.1 Å². The molecule has 0 fully saturated rings. The minimum atomic E-state index is -0.666. The van der Waals surface area contributed by atoms with E-state index < -0.39 is 17.7 Å². The first-order valence-electron chi connectivity index (χ1n) is 12.1. The fourth-order valence-corrected chi connectivity index (χ4v) is 4.99.